The monoisotopic (exact) mass is 457 g/mol. The number of amides is 1. The summed E-state index contributed by atoms with van der Waals surface area (Å²) in [4.78, 5) is 12.3. The Bertz CT molecular complexity index is 1240. The van der Waals surface area contributed by atoms with Gasteiger partial charge in [0.1, 0.15) is 5.75 Å². The predicted molar refractivity (Wildman–Crippen MR) is 131 cm³/mol. The van der Waals surface area contributed by atoms with E-state index >= 15 is 0 Å². The second kappa shape index (κ2) is 10.6. The van der Waals surface area contributed by atoms with Gasteiger partial charge < -0.3 is 4.74 Å². The molecular formula is C25H23N5O2S. The molecule has 3 aromatic carbocycles. The summed E-state index contributed by atoms with van der Waals surface area (Å²) in [6.07, 6.45) is 1.62. The summed E-state index contributed by atoms with van der Waals surface area (Å²) >= 11 is 1.30. The molecule has 0 bridgehead atoms. The first-order valence-corrected chi connectivity index (χ1v) is 11.3. The molecule has 7 nitrogen and oxygen atoms in total. The van der Waals surface area contributed by atoms with E-state index in [4.69, 9.17) is 4.74 Å². The van der Waals surface area contributed by atoms with Crippen LogP contribution in [0.1, 0.15) is 11.1 Å². The number of carbonyl (C=O) groups excluding carboxylic acids is 1. The van der Waals surface area contributed by atoms with Gasteiger partial charge in [0.2, 0.25) is 0 Å². The first-order valence-electron chi connectivity index (χ1n) is 10.3. The number of benzene rings is 3. The van der Waals surface area contributed by atoms with E-state index in [1.165, 1.54) is 17.3 Å². The molecule has 0 aliphatic rings. The molecule has 0 radical (unpaired) electrons. The van der Waals surface area contributed by atoms with Crippen molar-refractivity contribution in [2.24, 2.45) is 5.10 Å². The van der Waals surface area contributed by atoms with Gasteiger partial charge in [0, 0.05) is 11.3 Å². The zero-order valence-corrected chi connectivity index (χ0v) is 19.1. The Labute approximate surface area is 196 Å². The van der Waals surface area contributed by atoms with Crippen LogP contribution >= 0.6 is 11.8 Å². The Morgan fingerprint density at radius 2 is 1.76 bits per heavy atom. The van der Waals surface area contributed by atoms with E-state index in [0.717, 1.165) is 22.6 Å². The number of hydrogen-bond acceptors (Lipinski definition) is 6. The molecule has 33 heavy (non-hydrogen) atoms. The molecule has 4 rings (SSSR count). The molecule has 8 heteroatoms. The first kappa shape index (κ1) is 22.3. The van der Waals surface area contributed by atoms with Crippen molar-refractivity contribution in [3.8, 4) is 22.8 Å². The minimum absolute atomic E-state index is 0.147. The lowest BCUT2D eigenvalue weighted by Crippen LogP contribution is -2.20. The number of aryl methyl sites for hydroxylation is 1. The second-order valence-electron chi connectivity index (χ2n) is 7.20. The van der Waals surface area contributed by atoms with Gasteiger partial charge in [-0.2, -0.15) is 5.10 Å². The first-order chi connectivity index (χ1) is 16.1. The molecule has 0 atom stereocenters. The molecule has 166 valence electrons. The van der Waals surface area contributed by atoms with E-state index in [-0.39, 0.29) is 11.7 Å². The van der Waals surface area contributed by atoms with E-state index in [9.17, 15) is 4.79 Å². The molecule has 0 fully saturated rings. The lowest BCUT2D eigenvalue weighted by molar-refractivity contribution is -0.118. The van der Waals surface area contributed by atoms with Crippen molar-refractivity contribution in [2.75, 3.05) is 12.9 Å². The summed E-state index contributed by atoms with van der Waals surface area (Å²) in [5.41, 5.74) is 6.46. The van der Waals surface area contributed by atoms with E-state index in [1.54, 1.807) is 13.3 Å². The molecule has 0 saturated heterocycles. The third kappa shape index (κ3) is 5.67. The van der Waals surface area contributed by atoms with Crippen LogP contribution in [0.25, 0.3) is 17.1 Å². The Kier molecular flexibility index (Phi) is 7.16. The average molecular weight is 458 g/mol. The Morgan fingerprint density at radius 1 is 1.03 bits per heavy atom. The summed E-state index contributed by atoms with van der Waals surface area (Å²) in [7, 11) is 1.63. The minimum Gasteiger partial charge on any atom is -0.497 e. The number of nitrogens with one attached hydrogen (secondary N) is 1. The smallest absolute Gasteiger partial charge is 0.250 e. The molecule has 0 aliphatic heterocycles. The third-order valence-electron chi connectivity index (χ3n) is 4.81. The lowest BCUT2D eigenvalue weighted by atomic mass is 10.2. The van der Waals surface area contributed by atoms with Crippen molar-refractivity contribution in [1.29, 1.82) is 0 Å². The number of thioether (sulfide) groups is 1. The van der Waals surface area contributed by atoms with Gasteiger partial charge in [-0.3, -0.25) is 9.36 Å². The van der Waals surface area contributed by atoms with Gasteiger partial charge in [-0.1, -0.05) is 71.9 Å². The van der Waals surface area contributed by atoms with Gasteiger partial charge in [-0.25, -0.2) is 5.43 Å². The topological polar surface area (TPSA) is 81.4 Å². The predicted octanol–water partition coefficient (Wildman–Crippen LogP) is 4.49. The van der Waals surface area contributed by atoms with E-state index in [1.807, 2.05) is 90.4 Å². The van der Waals surface area contributed by atoms with E-state index in [2.05, 4.69) is 20.7 Å². The molecule has 1 amide bonds. The highest BCUT2D eigenvalue weighted by atomic mass is 32.2. The van der Waals surface area contributed by atoms with Crippen molar-refractivity contribution in [3.05, 3.63) is 90.0 Å². The highest BCUT2D eigenvalue weighted by Gasteiger charge is 2.17. The SMILES string of the molecule is COc1ccc(-n2c(SCC(=O)NN=Cc3ccc(C)cc3)nnc2-c2ccccc2)cc1. The van der Waals surface area contributed by atoms with Crippen LogP contribution < -0.4 is 10.2 Å². The molecule has 1 aromatic heterocycles. The highest BCUT2D eigenvalue weighted by molar-refractivity contribution is 7.99. The Morgan fingerprint density at radius 3 is 2.45 bits per heavy atom. The van der Waals surface area contributed by atoms with Crippen LogP contribution in [0.15, 0.2) is 89.1 Å². The van der Waals surface area contributed by atoms with Crippen molar-refractivity contribution in [2.45, 2.75) is 12.1 Å². The molecule has 1 heterocycles. The minimum atomic E-state index is -0.228. The van der Waals surface area contributed by atoms with Crippen LogP contribution in [0.3, 0.4) is 0 Å². The molecule has 0 spiro atoms. The van der Waals surface area contributed by atoms with Crippen LogP contribution in [0.5, 0.6) is 5.75 Å². The number of rotatable bonds is 8. The van der Waals surface area contributed by atoms with Gasteiger partial charge in [-0.15, -0.1) is 10.2 Å². The van der Waals surface area contributed by atoms with E-state index < -0.39 is 0 Å². The van der Waals surface area contributed by atoms with Crippen LogP contribution in [-0.2, 0) is 4.79 Å². The molecule has 4 aromatic rings. The molecular weight excluding hydrogens is 434 g/mol. The third-order valence-corrected chi connectivity index (χ3v) is 5.74. The molecule has 0 saturated carbocycles. The van der Waals surface area contributed by atoms with Gasteiger partial charge in [-0.05, 0) is 36.8 Å². The van der Waals surface area contributed by atoms with Crippen LogP contribution in [0.2, 0.25) is 0 Å². The quantitative estimate of drug-likeness (QED) is 0.239. The summed E-state index contributed by atoms with van der Waals surface area (Å²) in [6.45, 7) is 2.02. The lowest BCUT2D eigenvalue weighted by Gasteiger charge is -2.11. The number of carbonyl (C=O) groups is 1. The number of nitrogens with zero attached hydrogens (tertiary/aromatic N) is 4. The molecule has 1 N–H and O–H groups in total. The van der Waals surface area contributed by atoms with Crippen molar-refractivity contribution in [3.63, 3.8) is 0 Å². The number of ether oxygens (including phenoxy) is 1. The summed E-state index contributed by atoms with van der Waals surface area (Å²) < 4.78 is 7.21. The fraction of sp³-hybridized carbons (Fsp3) is 0.120. The van der Waals surface area contributed by atoms with Crippen LogP contribution in [-0.4, -0.2) is 39.7 Å². The maximum atomic E-state index is 12.3. The number of aromatic nitrogens is 3. The fourth-order valence-corrected chi connectivity index (χ4v) is 3.84. The molecule has 0 unspecified atom stereocenters. The maximum Gasteiger partial charge on any atom is 0.250 e. The largest absolute Gasteiger partial charge is 0.497 e. The summed E-state index contributed by atoms with van der Waals surface area (Å²) in [5, 5.41) is 13.4. The van der Waals surface area contributed by atoms with Gasteiger partial charge in [0.05, 0.1) is 19.1 Å². The summed E-state index contributed by atoms with van der Waals surface area (Å²) in [6, 6.07) is 25.3. The normalized spacial score (nSPS) is 11.0. The van der Waals surface area contributed by atoms with Crippen LogP contribution in [0, 0.1) is 6.92 Å². The average Bonchev–Trinajstić information content (AvgIpc) is 3.28. The fourth-order valence-electron chi connectivity index (χ4n) is 3.10. The van der Waals surface area contributed by atoms with Gasteiger partial charge in [0.25, 0.3) is 5.91 Å². The summed E-state index contributed by atoms with van der Waals surface area (Å²) in [5.74, 6) is 1.37. The zero-order valence-electron chi connectivity index (χ0n) is 18.3. The second-order valence-corrected chi connectivity index (χ2v) is 8.14. The highest BCUT2D eigenvalue weighted by Crippen LogP contribution is 2.28. The number of hydrazone groups is 1. The standard InChI is InChI=1S/C25H23N5O2S/c1-18-8-10-19(11-9-18)16-26-27-23(31)17-33-25-29-28-24(20-6-4-3-5-7-20)30(25)21-12-14-22(32-2)15-13-21/h3-16H,17H2,1-2H3,(H,27,31). The zero-order chi connectivity index (χ0) is 23.0. The van der Waals surface area contributed by atoms with Crippen molar-refractivity contribution in [1.82, 2.24) is 20.2 Å². The number of hydrogen-bond donors (Lipinski definition) is 1. The van der Waals surface area contributed by atoms with E-state index in [0.29, 0.717) is 11.0 Å². The van der Waals surface area contributed by atoms with Crippen molar-refractivity contribution >= 4 is 23.9 Å². The maximum absolute atomic E-state index is 12.3. The Balaban J connectivity index is 1.50. The Hall–Kier alpha value is -3.91. The van der Waals surface area contributed by atoms with Gasteiger partial charge in [0.15, 0.2) is 11.0 Å². The van der Waals surface area contributed by atoms with Crippen molar-refractivity contribution < 1.29 is 9.53 Å². The van der Waals surface area contributed by atoms with Gasteiger partial charge >= 0.3 is 0 Å². The van der Waals surface area contributed by atoms with Crippen LogP contribution in [0.4, 0.5) is 0 Å². The number of methoxy groups -OCH3 is 1. The molecule has 0 aliphatic carbocycles.